The predicted molar refractivity (Wildman–Crippen MR) is 164 cm³/mol. The largest absolute Gasteiger partial charge is 0.495 e. The zero-order valence-corrected chi connectivity index (χ0v) is 24.4. The van der Waals surface area contributed by atoms with Gasteiger partial charge in [0, 0.05) is 23.5 Å². The van der Waals surface area contributed by atoms with Gasteiger partial charge in [0.25, 0.3) is 10.1 Å². The SMILES string of the molecule is CN=C(N)N(c1cc2cc(Cc3ccccc3)ccc2o1)c1cc(Cl)ccc1OC.Cc1ccc(S(=O)(=O)O)cc1. The van der Waals surface area contributed by atoms with Crippen molar-refractivity contribution in [3.63, 3.8) is 0 Å². The van der Waals surface area contributed by atoms with Gasteiger partial charge < -0.3 is 14.9 Å². The second-order valence-corrected chi connectivity index (χ2v) is 11.0. The lowest BCUT2D eigenvalue weighted by Crippen LogP contribution is -2.33. The van der Waals surface area contributed by atoms with Crippen LogP contribution in [0.3, 0.4) is 0 Å². The van der Waals surface area contributed by atoms with Crippen molar-refractivity contribution in [3.05, 3.63) is 119 Å². The Balaban J connectivity index is 0.000000296. The number of hydrogen-bond acceptors (Lipinski definition) is 5. The molecule has 0 bridgehead atoms. The van der Waals surface area contributed by atoms with E-state index in [9.17, 15) is 8.42 Å². The number of nitrogens with two attached hydrogens (primary N) is 1. The van der Waals surface area contributed by atoms with Crippen LogP contribution in [0.5, 0.6) is 5.75 Å². The third-order valence-corrected chi connectivity index (χ3v) is 7.30. The Morgan fingerprint density at radius 2 is 1.68 bits per heavy atom. The monoisotopic (exact) mass is 591 g/mol. The van der Waals surface area contributed by atoms with E-state index in [1.54, 1.807) is 49.4 Å². The van der Waals surface area contributed by atoms with Crippen LogP contribution >= 0.6 is 11.6 Å². The van der Waals surface area contributed by atoms with E-state index in [-0.39, 0.29) is 10.9 Å². The molecular formula is C31H30ClN3O5S. The fraction of sp³-hybridized carbons (Fsp3) is 0.129. The van der Waals surface area contributed by atoms with Gasteiger partial charge in [-0.05, 0) is 66.9 Å². The number of halogens is 1. The van der Waals surface area contributed by atoms with Crippen molar-refractivity contribution < 1.29 is 22.1 Å². The molecule has 41 heavy (non-hydrogen) atoms. The van der Waals surface area contributed by atoms with E-state index in [0.717, 1.165) is 23.0 Å². The van der Waals surface area contributed by atoms with Crippen LogP contribution in [0.1, 0.15) is 16.7 Å². The number of furan rings is 1. The molecule has 0 saturated heterocycles. The third kappa shape index (κ3) is 7.46. The summed E-state index contributed by atoms with van der Waals surface area (Å²) in [5.41, 5.74) is 11.0. The molecule has 0 aliphatic heterocycles. The Morgan fingerprint density at radius 3 is 2.32 bits per heavy atom. The summed E-state index contributed by atoms with van der Waals surface area (Å²) in [6.45, 7) is 1.84. The van der Waals surface area contributed by atoms with Gasteiger partial charge >= 0.3 is 0 Å². The summed E-state index contributed by atoms with van der Waals surface area (Å²) >= 11 is 6.24. The Kier molecular flexibility index (Phi) is 9.34. The van der Waals surface area contributed by atoms with Gasteiger partial charge in [-0.1, -0.05) is 65.7 Å². The maximum atomic E-state index is 10.5. The topological polar surface area (TPSA) is 118 Å². The van der Waals surface area contributed by atoms with E-state index in [2.05, 4.69) is 29.3 Å². The zero-order valence-electron chi connectivity index (χ0n) is 22.8. The molecule has 0 saturated carbocycles. The van der Waals surface area contributed by atoms with E-state index in [1.165, 1.54) is 23.3 Å². The first kappa shape index (κ1) is 29.7. The number of fused-ring (bicyclic) bond motifs is 1. The first-order chi connectivity index (χ1) is 19.6. The van der Waals surface area contributed by atoms with Crippen molar-refractivity contribution in [1.82, 2.24) is 0 Å². The molecule has 5 rings (SSSR count). The summed E-state index contributed by atoms with van der Waals surface area (Å²) in [6.07, 6.45) is 0.849. The molecule has 0 atom stereocenters. The molecule has 0 radical (unpaired) electrons. The molecule has 0 unspecified atom stereocenters. The molecule has 212 valence electrons. The van der Waals surface area contributed by atoms with Crippen LogP contribution in [0.2, 0.25) is 5.02 Å². The second kappa shape index (κ2) is 12.9. The van der Waals surface area contributed by atoms with Crippen LogP contribution in [0.4, 0.5) is 11.6 Å². The number of benzene rings is 4. The molecule has 4 aromatic carbocycles. The number of methoxy groups -OCH3 is 1. The van der Waals surface area contributed by atoms with Gasteiger partial charge in [0.15, 0.2) is 0 Å². The Labute approximate surface area is 244 Å². The molecule has 5 aromatic rings. The van der Waals surface area contributed by atoms with Crippen molar-refractivity contribution in [2.24, 2.45) is 10.7 Å². The van der Waals surface area contributed by atoms with Gasteiger partial charge in [0.1, 0.15) is 11.3 Å². The number of aryl methyl sites for hydroxylation is 1. The summed E-state index contributed by atoms with van der Waals surface area (Å²) in [6, 6.07) is 29.8. The molecule has 10 heteroatoms. The summed E-state index contributed by atoms with van der Waals surface area (Å²) in [5.74, 6) is 1.40. The van der Waals surface area contributed by atoms with Crippen LogP contribution in [-0.2, 0) is 16.5 Å². The van der Waals surface area contributed by atoms with E-state index in [4.69, 9.17) is 31.0 Å². The van der Waals surface area contributed by atoms with Crippen molar-refractivity contribution in [2.75, 3.05) is 19.1 Å². The quantitative estimate of drug-likeness (QED) is 0.124. The van der Waals surface area contributed by atoms with E-state index < -0.39 is 10.1 Å². The predicted octanol–water partition coefficient (Wildman–Crippen LogP) is 7.01. The van der Waals surface area contributed by atoms with Crippen molar-refractivity contribution >= 4 is 50.2 Å². The molecule has 8 nitrogen and oxygen atoms in total. The number of guanidine groups is 1. The lowest BCUT2D eigenvalue weighted by Gasteiger charge is -2.22. The summed E-state index contributed by atoms with van der Waals surface area (Å²) in [5, 5.41) is 1.54. The smallest absolute Gasteiger partial charge is 0.294 e. The highest BCUT2D eigenvalue weighted by atomic mass is 35.5. The van der Waals surface area contributed by atoms with Crippen molar-refractivity contribution in [2.45, 2.75) is 18.2 Å². The van der Waals surface area contributed by atoms with Gasteiger partial charge in [-0.3, -0.25) is 9.55 Å². The fourth-order valence-corrected chi connectivity index (χ4v) is 4.78. The first-order valence-electron chi connectivity index (χ1n) is 12.6. The highest BCUT2D eigenvalue weighted by Crippen LogP contribution is 2.38. The molecule has 1 aromatic heterocycles. The number of rotatable bonds is 6. The van der Waals surface area contributed by atoms with Crippen LogP contribution < -0.4 is 15.4 Å². The minimum Gasteiger partial charge on any atom is -0.495 e. The standard InChI is InChI=1S/C24H22ClN3O2.C7H8O3S/c1-27-24(26)28(20-15-19(25)9-11-22(20)29-2)23-14-18-13-17(8-10-21(18)30-23)12-16-6-4-3-5-7-16;1-6-2-4-7(5-3-6)11(8,9)10/h3-11,13-15H,12H2,1-2H3,(H2,26,27);2-5H,1H3,(H,8,9,10). The molecule has 1 heterocycles. The highest BCUT2D eigenvalue weighted by Gasteiger charge is 2.22. The first-order valence-corrected chi connectivity index (χ1v) is 14.4. The van der Waals surface area contributed by atoms with Gasteiger partial charge in [-0.15, -0.1) is 0 Å². The summed E-state index contributed by atoms with van der Waals surface area (Å²) < 4.78 is 41.2. The van der Waals surface area contributed by atoms with Crippen molar-refractivity contribution in [3.8, 4) is 5.75 Å². The molecule has 0 fully saturated rings. The van der Waals surface area contributed by atoms with Crippen LogP contribution in [0.25, 0.3) is 11.0 Å². The minimum absolute atomic E-state index is 0.0666. The maximum Gasteiger partial charge on any atom is 0.294 e. The lowest BCUT2D eigenvalue weighted by molar-refractivity contribution is 0.415. The van der Waals surface area contributed by atoms with E-state index in [1.807, 2.05) is 37.3 Å². The van der Waals surface area contributed by atoms with Gasteiger partial charge in [0.05, 0.1) is 17.7 Å². The molecule has 0 spiro atoms. The number of aliphatic imine (C=N–C) groups is 1. The van der Waals surface area contributed by atoms with Crippen LogP contribution in [-0.4, -0.2) is 33.1 Å². The zero-order chi connectivity index (χ0) is 29.6. The van der Waals surface area contributed by atoms with E-state index >= 15 is 0 Å². The molecule has 0 amide bonds. The second-order valence-electron chi connectivity index (χ2n) is 9.14. The Bertz CT molecular complexity index is 1770. The lowest BCUT2D eigenvalue weighted by atomic mass is 10.0. The fourth-order valence-electron chi connectivity index (χ4n) is 4.13. The molecule has 3 N–H and O–H groups in total. The summed E-state index contributed by atoms with van der Waals surface area (Å²) in [4.78, 5) is 5.78. The number of nitrogens with zero attached hydrogens (tertiary/aromatic N) is 2. The average Bonchev–Trinajstić information content (AvgIpc) is 3.36. The molecule has 0 aliphatic carbocycles. The Hall–Kier alpha value is -4.31. The van der Waals surface area contributed by atoms with Crippen LogP contribution in [0, 0.1) is 6.92 Å². The van der Waals surface area contributed by atoms with Crippen LogP contribution in [0.15, 0.2) is 111 Å². The van der Waals surface area contributed by atoms with Gasteiger partial charge in [0.2, 0.25) is 11.8 Å². The third-order valence-electron chi connectivity index (χ3n) is 6.20. The molecular weight excluding hydrogens is 562 g/mol. The number of hydrogen-bond donors (Lipinski definition) is 2. The van der Waals surface area contributed by atoms with E-state index in [0.29, 0.717) is 22.3 Å². The number of anilines is 2. The Morgan fingerprint density at radius 1 is 0.976 bits per heavy atom. The van der Waals surface area contributed by atoms with Gasteiger partial charge in [-0.25, -0.2) is 4.90 Å². The average molecular weight is 592 g/mol. The maximum absolute atomic E-state index is 10.5. The normalized spacial score (nSPS) is 11.6. The molecule has 0 aliphatic rings. The highest BCUT2D eigenvalue weighted by molar-refractivity contribution is 7.85. The summed E-state index contributed by atoms with van der Waals surface area (Å²) in [7, 11) is -0.799. The van der Waals surface area contributed by atoms with Gasteiger partial charge in [-0.2, -0.15) is 8.42 Å². The minimum atomic E-state index is -4.02. The number of ether oxygens (including phenoxy) is 1. The van der Waals surface area contributed by atoms with Crippen molar-refractivity contribution in [1.29, 1.82) is 0 Å².